The van der Waals surface area contributed by atoms with Gasteiger partial charge >= 0.3 is 0 Å². The minimum absolute atomic E-state index is 0.276. The highest BCUT2D eigenvalue weighted by molar-refractivity contribution is 6.30. The van der Waals surface area contributed by atoms with Crippen molar-refractivity contribution in [2.75, 3.05) is 19.7 Å². The lowest BCUT2D eigenvalue weighted by molar-refractivity contribution is -0.133. The predicted molar refractivity (Wildman–Crippen MR) is 127 cm³/mol. The summed E-state index contributed by atoms with van der Waals surface area (Å²) >= 11 is 6.09. The van der Waals surface area contributed by atoms with Gasteiger partial charge in [-0.3, -0.25) is 9.78 Å². The SMILES string of the molecule is O=C(CCC1CCCCO1)N1CCC(c2cn(-c3ccc(Cl)cc3)c3cnccc23)CC1. The highest BCUT2D eigenvalue weighted by Crippen LogP contribution is 2.35. The lowest BCUT2D eigenvalue weighted by Crippen LogP contribution is -2.38. The average Bonchev–Trinajstić information content (AvgIpc) is 3.23. The number of hydrogen-bond donors (Lipinski definition) is 0. The van der Waals surface area contributed by atoms with Gasteiger partial charge in [0.2, 0.25) is 5.91 Å². The number of carbonyl (C=O) groups excluding carboxylic acids is 1. The van der Waals surface area contributed by atoms with Crippen molar-refractivity contribution in [1.82, 2.24) is 14.5 Å². The maximum Gasteiger partial charge on any atom is 0.222 e. The molecule has 5 nitrogen and oxygen atoms in total. The van der Waals surface area contributed by atoms with Gasteiger partial charge in [0.05, 0.1) is 17.8 Å². The van der Waals surface area contributed by atoms with Crippen LogP contribution in [0.15, 0.2) is 48.9 Å². The second-order valence-electron chi connectivity index (χ2n) is 9.01. The highest BCUT2D eigenvalue weighted by Gasteiger charge is 2.27. The Bertz CT molecular complexity index is 1060. The maximum absolute atomic E-state index is 12.8. The van der Waals surface area contributed by atoms with E-state index in [1.165, 1.54) is 17.4 Å². The molecule has 32 heavy (non-hydrogen) atoms. The van der Waals surface area contributed by atoms with Crippen molar-refractivity contribution >= 4 is 28.4 Å². The van der Waals surface area contributed by atoms with E-state index >= 15 is 0 Å². The lowest BCUT2D eigenvalue weighted by Gasteiger charge is -2.32. The Labute approximate surface area is 194 Å². The zero-order valence-electron chi connectivity index (χ0n) is 18.4. The largest absolute Gasteiger partial charge is 0.378 e. The Kier molecular flexibility index (Phi) is 6.47. The number of benzene rings is 1. The van der Waals surface area contributed by atoms with Gasteiger partial charge in [-0.15, -0.1) is 0 Å². The molecular weight excluding hydrogens is 422 g/mol. The summed E-state index contributed by atoms with van der Waals surface area (Å²) in [7, 11) is 0. The molecule has 1 aromatic carbocycles. The zero-order valence-corrected chi connectivity index (χ0v) is 19.1. The second-order valence-corrected chi connectivity index (χ2v) is 9.44. The van der Waals surface area contributed by atoms with Crippen molar-refractivity contribution in [2.45, 2.75) is 57.0 Å². The number of pyridine rings is 1. The molecule has 2 fully saturated rings. The molecule has 5 rings (SSSR count). The Morgan fingerprint density at radius 2 is 1.91 bits per heavy atom. The van der Waals surface area contributed by atoms with Crippen LogP contribution in [0.5, 0.6) is 0 Å². The van der Waals surface area contributed by atoms with Gasteiger partial charge in [0, 0.05) is 54.6 Å². The number of likely N-dealkylation sites (tertiary alicyclic amines) is 1. The van der Waals surface area contributed by atoms with Crippen LogP contribution in [0, 0.1) is 0 Å². The van der Waals surface area contributed by atoms with Gasteiger partial charge in [0.25, 0.3) is 0 Å². The van der Waals surface area contributed by atoms with Gasteiger partial charge in [0.15, 0.2) is 0 Å². The quantitative estimate of drug-likeness (QED) is 0.497. The van der Waals surface area contributed by atoms with Crippen molar-refractivity contribution < 1.29 is 9.53 Å². The van der Waals surface area contributed by atoms with Crippen molar-refractivity contribution in [2.24, 2.45) is 0 Å². The number of halogens is 1. The van der Waals surface area contributed by atoms with Crippen molar-refractivity contribution in [3.63, 3.8) is 0 Å². The van der Waals surface area contributed by atoms with Crippen LogP contribution in [0.4, 0.5) is 0 Å². The maximum atomic E-state index is 12.8. The van der Waals surface area contributed by atoms with Crippen LogP contribution < -0.4 is 0 Å². The van der Waals surface area contributed by atoms with E-state index in [0.29, 0.717) is 12.3 Å². The van der Waals surface area contributed by atoms with Crippen LogP contribution >= 0.6 is 11.6 Å². The third-order valence-electron chi connectivity index (χ3n) is 6.99. The molecule has 6 heteroatoms. The van der Waals surface area contributed by atoms with Gasteiger partial charge in [-0.25, -0.2) is 0 Å². The molecule has 2 aliphatic rings. The zero-order chi connectivity index (χ0) is 21.9. The fraction of sp³-hybridized carbons (Fsp3) is 0.462. The van der Waals surface area contributed by atoms with E-state index in [4.69, 9.17) is 16.3 Å². The summed E-state index contributed by atoms with van der Waals surface area (Å²) in [6.07, 6.45) is 13.3. The first-order chi connectivity index (χ1) is 15.7. The Hall–Kier alpha value is -2.37. The number of carbonyl (C=O) groups is 1. The van der Waals surface area contributed by atoms with Gasteiger partial charge in [-0.2, -0.15) is 0 Å². The molecule has 0 aliphatic carbocycles. The summed E-state index contributed by atoms with van der Waals surface area (Å²) in [5, 5.41) is 1.98. The van der Waals surface area contributed by atoms with E-state index in [0.717, 1.165) is 68.0 Å². The first-order valence-electron chi connectivity index (χ1n) is 11.8. The Morgan fingerprint density at radius 3 is 2.66 bits per heavy atom. The summed E-state index contributed by atoms with van der Waals surface area (Å²) in [6, 6.07) is 10.0. The number of piperidine rings is 1. The second kappa shape index (κ2) is 9.63. The number of rotatable bonds is 5. The third kappa shape index (κ3) is 4.55. The number of fused-ring (bicyclic) bond motifs is 1. The molecule has 1 atom stereocenters. The van der Waals surface area contributed by atoms with Crippen molar-refractivity contribution in [1.29, 1.82) is 0 Å². The van der Waals surface area contributed by atoms with Crippen LogP contribution in [-0.2, 0) is 9.53 Å². The molecule has 0 bridgehead atoms. The lowest BCUT2D eigenvalue weighted by atomic mass is 9.89. The fourth-order valence-corrected chi connectivity index (χ4v) is 5.28. The van der Waals surface area contributed by atoms with E-state index in [1.54, 1.807) is 0 Å². The number of nitrogens with zero attached hydrogens (tertiary/aromatic N) is 3. The highest BCUT2D eigenvalue weighted by atomic mass is 35.5. The first kappa shape index (κ1) is 21.5. The number of amides is 1. The van der Waals surface area contributed by atoms with Gasteiger partial charge < -0.3 is 14.2 Å². The monoisotopic (exact) mass is 451 g/mol. The predicted octanol–water partition coefficient (Wildman–Crippen LogP) is 5.73. The molecule has 1 unspecified atom stereocenters. The van der Waals surface area contributed by atoms with E-state index in [1.807, 2.05) is 36.7 Å². The molecular formula is C26H30ClN3O2. The van der Waals surface area contributed by atoms with E-state index in [9.17, 15) is 4.79 Å². The van der Waals surface area contributed by atoms with E-state index in [-0.39, 0.29) is 12.0 Å². The Morgan fingerprint density at radius 1 is 1.09 bits per heavy atom. The van der Waals surface area contributed by atoms with Gasteiger partial charge in [-0.05, 0) is 80.3 Å². The molecule has 2 aliphatic heterocycles. The normalized spacial score (nSPS) is 20.0. The molecule has 0 saturated carbocycles. The topological polar surface area (TPSA) is 47.4 Å². The summed E-state index contributed by atoms with van der Waals surface area (Å²) in [6.45, 7) is 2.50. The molecule has 2 aromatic heterocycles. The molecule has 2 saturated heterocycles. The van der Waals surface area contributed by atoms with Crippen LogP contribution in [0.1, 0.15) is 56.4 Å². The number of aromatic nitrogens is 2. The summed E-state index contributed by atoms with van der Waals surface area (Å²) in [5.74, 6) is 0.726. The minimum atomic E-state index is 0.276. The molecule has 1 amide bonds. The van der Waals surface area contributed by atoms with Crippen molar-refractivity contribution in [3.8, 4) is 5.69 Å². The van der Waals surface area contributed by atoms with E-state index < -0.39 is 0 Å². The van der Waals surface area contributed by atoms with Gasteiger partial charge in [-0.1, -0.05) is 11.6 Å². The molecule has 0 radical (unpaired) electrons. The average molecular weight is 452 g/mol. The summed E-state index contributed by atoms with van der Waals surface area (Å²) in [5.41, 5.74) is 3.53. The fourth-order valence-electron chi connectivity index (χ4n) is 5.16. The molecule has 0 spiro atoms. The van der Waals surface area contributed by atoms with Crippen molar-refractivity contribution in [3.05, 3.63) is 59.5 Å². The van der Waals surface area contributed by atoms with Crippen LogP contribution in [0.3, 0.4) is 0 Å². The molecule has 3 aromatic rings. The first-order valence-corrected chi connectivity index (χ1v) is 12.2. The van der Waals surface area contributed by atoms with Crippen LogP contribution in [0.25, 0.3) is 16.6 Å². The minimum Gasteiger partial charge on any atom is -0.378 e. The molecule has 4 heterocycles. The van der Waals surface area contributed by atoms with E-state index in [2.05, 4.69) is 26.7 Å². The smallest absolute Gasteiger partial charge is 0.222 e. The Balaban J connectivity index is 1.27. The number of ether oxygens (including phenoxy) is 1. The standard InChI is InChI=1S/C26H30ClN3O2/c27-20-4-6-21(7-5-20)30-18-24(23-10-13-28-17-25(23)30)19-11-14-29(15-12-19)26(31)9-8-22-3-1-2-16-32-22/h4-7,10,13,17-19,22H,1-3,8-9,11-12,14-16H2. The summed E-state index contributed by atoms with van der Waals surface area (Å²) < 4.78 is 8.00. The number of hydrogen-bond acceptors (Lipinski definition) is 3. The van der Waals surface area contributed by atoms with Gasteiger partial charge in [0.1, 0.15) is 0 Å². The van der Waals surface area contributed by atoms with Crippen LogP contribution in [-0.4, -0.2) is 46.2 Å². The molecule has 168 valence electrons. The summed E-state index contributed by atoms with van der Waals surface area (Å²) in [4.78, 5) is 19.2. The third-order valence-corrected chi connectivity index (χ3v) is 7.24. The molecule has 0 N–H and O–H groups in total. The van der Waals surface area contributed by atoms with Crippen LogP contribution in [0.2, 0.25) is 5.02 Å².